The molecule has 0 fully saturated rings. The van der Waals surface area contributed by atoms with E-state index in [-0.39, 0.29) is 35.4 Å². The van der Waals surface area contributed by atoms with Gasteiger partial charge in [0.2, 0.25) is 11.5 Å². The number of likely N-dealkylation sites (N-methyl/N-ethyl adjacent to an activating group) is 1. The van der Waals surface area contributed by atoms with Gasteiger partial charge in [0, 0.05) is 24.2 Å². The van der Waals surface area contributed by atoms with Gasteiger partial charge in [0.1, 0.15) is 6.54 Å². The quantitative estimate of drug-likeness (QED) is 0.387. The Hall–Kier alpha value is -3.35. The Morgan fingerprint density at radius 3 is 2.12 bits per heavy atom. The highest BCUT2D eigenvalue weighted by Gasteiger charge is 2.19. The second-order valence-electron chi connectivity index (χ2n) is 7.77. The smallest absolute Gasteiger partial charge is 0.242 e. The van der Waals surface area contributed by atoms with Crippen LogP contribution in [0.25, 0.3) is 11.0 Å². The van der Waals surface area contributed by atoms with Gasteiger partial charge in [-0.05, 0) is 35.9 Å². The van der Waals surface area contributed by atoms with E-state index < -0.39 is 0 Å². The summed E-state index contributed by atoms with van der Waals surface area (Å²) >= 11 is 12.2. The molecule has 0 aliphatic rings. The number of aromatic nitrogens is 2. The monoisotopic (exact) mass is 480 g/mol. The molecule has 33 heavy (non-hydrogen) atoms. The van der Waals surface area contributed by atoms with Gasteiger partial charge in [-0.3, -0.25) is 15.0 Å². The summed E-state index contributed by atoms with van der Waals surface area (Å²) in [4.78, 5) is 27.6. The van der Waals surface area contributed by atoms with Crippen LogP contribution in [0, 0.1) is 5.41 Å². The van der Waals surface area contributed by atoms with Gasteiger partial charge < -0.3 is 14.0 Å². The fourth-order valence-electron chi connectivity index (χ4n) is 3.76. The SMILES string of the molecule is CN(Cc1ccccc1)C(=O)Cn1c(=N)n(CC(=O)c2ccc(Cl)cc2Cl)c2ccccc21. The second-order valence-corrected chi connectivity index (χ2v) is 8.61. The van der Waals surface area contributed by atoms with Crippen LogP contribution in [0.3, 0.4) is 0 Å². The van der Waals surface area contributed by atoms with Gasteiger partial charge in [-0.2, -0.15) is 0 Å². The number of nitrogens with zero attached hydrogens (tertiary/aromatic N) is 3. The molecule has 0 aliphatic carbocycles. The number of ketones is 1. The number of benzene rings is 3. The minimum absolute atomic E-state index is 0.00836. The number of fused-ring (bicyclic) bond motifs is 1. The number of para-hydroxylation sites is 2. The topological polar surface area (TPSA) is 71.1 Å². The molecule has 168 valence electrons. The molecule has 0 aliphatic heterocycles. The Morgan fingerprint density at radius 2 is 1.48 bits per heavy atom. The van der Waals surface area contributed by atoms with E-state index in [0.717, 1.165) is 5.56 Å². The molecule has 0 saturated carbocycles. The Kier molecular flexibility index (Phi) is 6.67. The van der Waals surface area contributed by atoms with Crippen LogP contribution >= 0.6 is 23.2 Å². The molecular weight excluding hydrogens is 459 g/mol. The van der Waals surface area contributed by atoms with Gasteiger partial charge in [-0.15, -0.1) is 0 Å². The number of halogens is 2. The Labute approximate surface area is 201 Å². The summed E-state index contributed by atoms with van der Waals surface area (Å²) in [6.45, 7) is 0.382. The minimum atomic E-state index is -0.245. The van der Waals surface area contributed by atoms with E-state index in [2.05, 4.69) is 0 Å². The number of rotatable bonds is 7. The van der Waals surface area contributed by atoms with Crippen molar-refractivity contribution in [3.63, 3.8) is 0 Å². The molecule has 0 radical (unpaired) electrons. The van der Waals surface area contributed by atoms with E-state index >= 15 is 0 Å². The lowest BCUT2D eigenvalue weighted by atomic mass is 10.1. The lowest BCUT2D eigenvalue weighted by Crippen LogP contribution is -2.35. The van der Waals surface area contributed by atoms with Crippen molar-refractivity contribution in [1.29, 1.82) is 5.41 Å². The molecule has 1 aromatic heterocycles. The molecule has 1 heterocycles. The normalized spacial score (nSPS) is 11.0. The van der Waals surface area contributed by atoms with Crippen LogP contribution in [0.4, 0.5) is 0 Å². The van der Waals surface area contributed by atoms with Crippen molar-refractivity contribution in [1.82, 2.24) is 14.0 Å². The maximum absolute atomic E-state index is 13.0. The predicted molar refractivity (Wildman–Crippen MR) is 129 cm³/mol. The van der Waals surface area contributed by atoms with Gasteiger partial charge in [0.25, 0.3) is 0 Å². The largest absolute Gasteiger partial charge is 0.340 e. The van der Waals surface area contributed by atoms with E-state index in [1.807, 2.05) is 54.6 Å². The Bertz CT molecular complexity index is 1390. The van der Waals surface area contributed by atoms with E-state index in [4.69, 9.17) is 28.6 Å². The van der Waals surface area contributed by atoms with Crippen LogP contribution in [-0.4, -0.2) is 32.8 Å². The highest BCUT2D eigenvalue weighted by molar-refractivity contribution is 6.36. The maximum atomic E-state index is 13.0. The van der Waals surface area contributed by atoms with Crippen molar-refractivity contribution in [3.8, 4) is 0 Å². The predicted octanol–water partition coefficient (Wildman–Crippen LogP) is 4.77. The van der Waals surface area contributed by atoms with Crippen molar-refractivity contribution in [3.05, 3.63) is 99.6 Å². The summed E-state index contributed by atoms with van der Waals surface area (Å²) < 4.78 is 3.21. The van der Waals surface area contributed by atoms with E-state index in [0.29, 0.717) is 28.2 Å². The lowest BCUT2D eigenvalue weighted by molar-refractivity contribution is -0.131. The molecule has 0 atom stereocenters. The fraction of sp³-hybridized carbons (Fsp3) is 0.160. The minimum Gasteiger partial charge on any atom is -0.340 e. The highest BCUT2D eigenvalue weighted by Crippen LogP contribution is 2.22. The van der Waals surface area contributed by atoms with Gasteiger partial charge in [-0.25, -0.2) is 0 Å². The first kappa shape index (κ1) is 22.8. The third-order valence-corrected chi connectivity index (χ3v) is 6.04. The molecule has 4 aromatic rings. The summed E-state index contributed by atoms with van der Waals surface area (Å²) in [7, 11) is 1.74. The number of carbonyl (C=O) groups is 2. The summed E-state index contributed by atoms with van der Waals surface area (Å²) in [6.07, 6.45) is 0. The first-order valence-corrected chi connectivity index (χ1v) is 11.1. The third kappa shape index (κ3) is 4.87. The average molecular weight is 481 g/mol. The summed E-state index contributed by atoms with van der Waals surface area (Å²) in [5.74, 6) is -0.377. The Morgan fingerprint density at radius 1 is 0.879 bits per heavy atom. The lowest BCUT2D eigenvalue weighted by Gasteiger charge is -2.18. The van der Waals surface area contributed by atoms with E-state index in [1.165, 1.54) is 6.07 Å². The molecular formula is C25H22Cl2N4O2. The number of hydrogen-bond acceptors (Lipinski definition) is 3. The summed E-state index contributed by atoms with van der Waals surface area (Å²) in [5.41, 5.74) is 2.83. The van der Waals surface area contributed by atoms with E-state index in [1.54, 1.807) is 33.2 Å². The van der Waals surface area contributed by atoms with Crippen molar-refractivity contribution >= 4 is 45.9 Å². The summed E-state index contributed by atoms with van der Waals surface area (Å²) in [5, 5.41) is 9.43. The molecule has 1 N–H and O–H groups in total. The molecule has 0 bridgehead atoms. The van der Waals surface area contributed by atoms with Crippen molar-refractivity contribution in [2.24, 2.45) is 0 Å². The van der Waals surface area contributed by atoms with Crippen molar-refractivity contribution in [2.75, 3.05) is 7.05 Å². The zero-order valence-electron chi connectivity index (χ0n) is 18.0. The molecule has 0 spiro atoms. The van der Waals surface area contributed by atoms with Crippen LogP contribution < -0.4 is 5.62 Å². The molecule has 0 saturated heterocycles. The fourth-order valence-corrected chi connectivity index (χ4v) is 4.27. The van der Waals surface area contributed by atoms with Crippen LogP contribution in [-0.2, 0) is 24.4 Å². The zero-order chi connectivity index (χ0) is 23.5. The van der Waals surface area contributed by atoms with Crippen LogP contribution in [0.15, 0.2) is 72.8 Å². The Balaban J connectivity index is 1.62. The van der Waals surface area contributed by atoms with Crippen LogP contribution in [0.2, 0.25) is 10.0 Å². The van der Waals surface area contributed by atoms with Crippen molar-refractivity contribution < 1.29 is 9.59 Å². The highest BCUT2D eigenvalue weighted by atomic mass is 35.5. The third-order valence-electron chi connectivity index (χ3n) is 5.49. The van der Waals surface area contributed by atoms with Crippen LogP contribution in [0.5, 0.6) is 0 Å². The molecule has 0 unspecified atom stereocenters. The first-order chi connectivity index (χ1) is 15.8. The maximum Gasteiger partial charge on any atom is 0.242 e. The van der Waals surface area contributed by atoms with Gasteiger partial charge in [0.05, 0.1) is 22.6 Å². The van der Waals surface area contributed by atoms with Gasteiger partial charge in [-0.1, -0.05) is 65.7 Å². The van der Waals surface area contributed by atoms with Crippen LogP contribution in [0.1, 0.15) is 15.9 Å². The molecule has 6 nitrogen and oxygen atoms in total. The van der Waals surface area contributed by atoms with Gasteiger partial charge >= 0.3 is 0 Å². The van der Waals surface area contributed by atoms with E-state index in [9.17, 15) is 9.59 Å². The molecule has 4 rings (SSSR count). The first-order valence-electron chi connectivity index (χ1n) is 10.3. The molecule has 8 heteroatoms. The number of imidazole rings is 1. The average Bonchev–Trinajstić information content (AvgIpc) is 3.05. The number of amides is 1. The zero-order valence-corrected chi connectivity index (χ0v) is 19.5. The number of hydrogen-bond donors (Lipinski definition) is 1. The summed E-state index contributed by atoms with van der Waals surface area (Å²) in [6, 6.07) is 21.8. The molecule has 3 aromatic carbocycles. The number of nitrogens with one attached hydrogen (secondary N) is 1. The standard InChI is InChI=1S/C25H22Cl2N4O2/c1-29(14-17-7-3-2-4-8-17)24(33)16-31-22-10-6-5-9-21(22)30(25(31)28)15-23(32)19-12-11-18(26)13-20(19)27/h2-13,28H,14-16H2,1H3. The van der Waals surface area contributed by atoms with Gasteiger partial charge in [0.15, 0.2) is 5.78 Å². The number of carbonyl (C=O) groups excluding carboxylic acids is 2. The number of Topliss-reactive ketones (excluding diaryl/α,β-unsaturated/α-hetero) is 1. The van der Waals surface area contributed by atoms with Crippen molar-refractivity contribution in [2.45, 2.75) is 19.6 Å². The second kappa shape index (κ2) is 9.65. The molecule has 1 amide bonds.